The number of hydrogen-bond acceptors (Lipinski definition) is 3. The highest BCUT2D eigenvalue weighted by Crippen LogP contribution is 2.31. The molecule has 0 bridgehead atoms. The van der Waals surface area contributed by atoms with Crippen molar-refractivity contribution in [1.82, 2.24) is 10.6 Å². The first-order chi connectivity index (χ1) is 13.3. The van der Waals surface area contributed by atoms with Crippen molar-refractivity contribution in [3.8, 4) is 0 Å². The van der Waals surface area contributed by atoms with Gasteiger partial charge in [0.25, 0.3) is 0 Å². The largest absolute Gasteiger partial charge is 0.353 e. The van der Waals surface area contributed by atoms with Crippen LogP contribution < -0.4 is 10.6 Å². The van der Waals surface area contributed by atoms with Crippen LogP contribution in [0.15, 0.2) is 60.7 Å². The van der Waals surface area contributed by atoms with Gasteiger partial charge in [-0.05, 0) is 53.1 Å². The van der Waals surface area contributed by atoms with Gasteiger partial charge in [-0.15, -0.1) is 0 Å². The van der Waals surface area contributed by atoms with Crippen LogP contribution in [0.1, 0.15) is 29.3 Å². The summed E-state index contributed by atoms with van der Waals surface area (Å²) in [5.74, 6) is -0.0565. The molecule has 0 radical (unpaired) electrons. The second kappa shape index (κ2) is 9.10. The highest BCUT2D eigenvalue weighted by Gasteiger charge is 2.12. The molecule has 4 nitrogen and oxygen atoms in total. The fourth-order valence-electron chi connectivity index (χ4n) is 3.42. The minimum absolute atomic E-state index is 0.0565. The molecule has 3 aromatic rings. The summed E-state index contributed by atoms with van der Waals surface area (Å²) in [5.41, 5.74) is 1.95. The zero-order valence-electron chi connectivity index (χ0n) is 15.5. The molecule has 4 heteroatoms. The first kappa shape index (κ1) is 18.8. The van der Waals surface area contributed by atoms with Crippen molar-refractivity contribution in [2.24, 2.45) is 0 Å². The monoisotopic (exact) mass is 360 g/mol. The van der Waals surface area contributed by atoms with Gasteiger partial charge in [0.2, 0.25) is 5.91 Å². The van der Waals surface area contributed by atoms with Crippen LogP contribution in [0.4, 0.5) is 0 Å². The van der Waals surface area contributed by atoms with Gasteiger partial charge >= 0.3 is 0 Å². The lowest BCUT2D eigenvalue weighted by molar-refractivity contribution is -0.116. The molecule has 0 aliphatic rings. The number of fused-ring (bicyclic) bond motifs is 2. The molecule has 0 atom stereocenters. The van der Waals surface area contributed by atoms with E-state index in [1.54, 1.807) is 6.08 Å². The molecule has 0 unspecified atom stereocenters. The first-order valence-electron chi connectivity index (χ1n) is 9.25. The number of carbonyl (C=O) groups is 2. The minimum Gasteiger partial charge on any atom is -0.353 e. The Morgan fingerprint density at radius 1 is 0.926 bits per heavy atom. The fourth-order valence-corrected chi connectivity index (χ4v) is 3.42. The second-order valence-electron chi connectivity index (χ2n) is 6.42. The van der Waals surface area contributed by atoms with Crippen LogP contribution in [0.2, 0.25) is 0 Å². The molecule has 0 fully saturated rings. The van der Waals surface area contributed by atoms with E-state index in [4.69, 9.17) is 0 Å². The molecule has 0 aliphatic carbocycles. The van der Waals surface area contributed by atoms with E-state index in [2.05, 4.69) is 22.8 Å². The maximum Gasteiger partial charge on any atom is 0.243 e. The zero-order valence-corrected chi connectivity index (χ0v) is 15.5. The topological polar surface area (TPSA) is 58.2 Å². The lowest BCUT2D eigenvalue weighted by Crippen LogP contribution is -2.25. The zero-order chi connectivity index (χ0) is 19.1. The van der Waals surface area contributed by atoms with Crippen molar-refractivity contribution in [2.45, 2.75) is 19.9 Å². The van der Waals surface area contributed by atoms with Gasteiger partial charge in [-0.3, -0.25) is 9.59 Å². The van der Waals surface area contributed by atoms with Crippen LogP contribution in [0.3, 0.4) is 0 Å². The number of benzene rings is 3. The number of carbonyl (C=O) groups excluding carboxylic acids is 2. The Hall–Kier alpha value is -2.98. The van der Waals surface area contributed by atoms with Gasteiger partial charge in [-0.25, -0.2) is 0 Å². The van der Waals surface area contributed by atoms with E-state index in [1.807, 2.05) is 43.3 Å². The smallest absolute Gasteiger partial charge is 0.243 e. The van der Waals surface area contributed by atoms with E-state index in [0.717, 1.165) is 46.4 Å². The minimum atomic E-state index is -0.0565. The van der Waals surface area contributed by atoms with Crippen LogP contribution in [0.5, 0.6) is 0 Å². The third-order valence-corrected chi connectivity index (χ3v) is 4.65. The Morgan fingerprint density at radius 3 is 2.07 bits per heavy atom. The highest BCUT2D eigenvalue weighted by molar-refractivity contribution is 6.14. The first-order valence-corrected chi connectivity index (χ1v) is 9.25. The SMILES string of the molecule is CC=CC(=O)NCCCNCc1c2ccccc2c(C=O)c2ccccc12. The molecule has 0 saturated carbocycles. The molecule has 0 aliphatic heterocycles. The third kappa shape index (κ3) is 4.23. The molecular weight excluding hydrogens is 336 g/mol. The average Bonchev–Trinajstić information content (AvgIpc) is 2.70. The van der Waals surface area contributed by atoms with Gasteiger partial charge in [-0.1, -0.05) is 54.6 Å². The van der Waals surface area contributed by atoms with E-state index in [0.29, 0.717) is 13.1 Å². The number of rotatable bonds is 8. The summed E-state index contributed by atoms with van der Waals surface area (Å²) in [4.78, 5) is 23.1. The Labute approximate surface area is 159 Å². The normalized spacial score (nSPS) is 11.3. The molecule has 3 aromatic carbocycles. The Morgan fingerprint density at radius 2 is 1.52 bits per heavy atom. The van der Waals surface area contributed by atoms with E-state index in [9.17, 15) is 9.59 Å². The predicted octanol–water partition coefficient (Wildman–Crippen LogP) is 3.98. The molecule has 27 heavy (non-hydrogen) atoms. The maximum absolute atomic E-state index is 11.7. The van der Waals surface area contributed by atoms with Crippen LogP contribution in [-0.4, -0.2) is 25.3 Å². The standard InChI is InChI=1S/C23H24N2O2/c1-2-8-23(27)25-14-7-13-24-15-21-17-9-3-5-11-19(17)22(16-26)20-12-6-4-10-18(20)21/h2-6,8-12,16,24H,7,13-15H2,1H3,(H,25,27). The predicted molar refractivity (Wildman–Crippen MR) is 111 cm³/mol. The summed E-state index contributed by atoms with van der Waals surface area (Å²) in [5, 5.41) is 10.5. The maximum atomic E-state index is 11.7. The summed E-state index contributed by atoms with van der Waals surface area (Å²) >= 11 is 0. The molecule has 2 N–H and O–H groups in total. The molecule has 0 saturated heterocycles. The van der Waals surface area contributed by atoms with Crippen molar-refractivity contribution in [3.05, 3.63) is 71.8 Å². The highest BCUT2D eigenvalue weighted by atomic mass is 16.1. The van der Waals surface area contributed by atoms with Gasteiger partial charge in [0, 0.05) is 18.7 Å². The fraction of sp³-hybridized carbons (Fsp3) is 0.217. The summed E-state index contributed by atoms with van der Waals surface area (Å²) in [6, 6.07) is 16.1. The van der Waals surface area contributed by atoms with Crippen LogP contribution >= 0.6 is 0 Å². The van der Waals surface area contributed by atoms with Crippen molar-refractivity contribution in [3.63, 3.8) is 0 Å². The number of amides is 1. The average molecular weight is 360 g/mol. The third-order valence-electron chi connectivity index (χ3n) is 4.65. The number of hydrogen-bond donors (Lipinski definition) is 2. The van der Waals surface area contributed by atoms with Gasteiger partial charge in [0.15, 0.2) is 6.29 Å². The van der Waals surface area contributed by atoms with Crippen LogP contribution in [-0.2, 0) is 11.3 Å². The molecular formula is C23H24N2O2. The Kier molecular flexibility index (Phi) is 6.34. The van der Waals surface area contributed by atoms with Gasteiger partial charge in [0.1, 0.15) is 0 Å². The number of nitrogens with one attached hydrogen (secondary N) is 2. The molecule has 1 amide bonds. The van der Waals surface area contributed by atoms with Crippen molar-refractivity contribution in [1.29, 1.82) is 0 Å². The van der Waals surface area contributed by atoms with E-state index >= 15 is 0 Å². The molecule has 0 aromatic heterocycles. The van der Waals surface area contributed by atoms with Crippen molar-refractivity contribution < 1.29 is 9.59 Å². The van der Waals surface area contributed by atoms with E-state index in [1.165, 1.54) is 11.6 Å². The summed E-state index contributed by atoms with van der Waals surface area (Å²) < 4.78 is 0. The lowest BCUT2D eigenvalue weighted by Gasteiger charge is -2.15. The van der Waals surface area contributed by atoms with Gasteiger partial charge in [0.05, 0.1) is 0 Å². The quantitative estimate of drug-likeness (QED) is 0.276. The number of aldehydes is 1. The van der Waals surface area contributed by atoms with Gasteiger partial charge in [-0.2, -0.15) is 0 Å². The summed E-state index contributed by atoms with van der Waals surface area (Å²) in [6.45, 7) is 3.98. The molecule has 0 heterocycles. The van der Waals surface area contributed by atoms with Gasteiger partial charge < -0.3 is 10.6 Å². The molecule has 138 valence electrons. The molecule has 3 rings (SSSR count). The Balaban J connectivity index is 1.78. The second-order valence-corrected chi connectivity index (χ2v) is 6.42. The molecule has 0 spiro atoms. The lowest BCUT2D eigenvalue weighted by atomic mass is 9.92. The Bertz CT molecular complexity index is 935. The van der Waals surface area contributed by atoms with Crippen LogP contribution in [0, 0.1) is 0 Å². The van der Waals surface area contributed by atoms with Crippen molar-refractivity contribution >= 4 is 33.7 Å². The van der Waals surface area contributed by atoms with E-state index in [-0.39, 0.29) is 5.91 Å². The number of allylic oxidation sites excluding steroid dienone is 1. The van der Waals surface area contributed by atoms with E-state index < -0.39 is 0 Å². The summed E-state index contributed by atoms with van der Waals surface area (Å²) in [6.07, 6.45) is 5.06. The summed E-state index contributed by atoms with van der Waals surface area (Å²) in [7, 11) is 0. The van der Waals surface area contributed by atoms with Crippen LogP contribution in [0.25, 0.3) is 21.5 Å². The van der Waals surface area contributed by atoms with Crippen molar-refractivity contribution in [2.75, 3.05) is 13.1 Å².